The Hall–Kier alpha value is -3.15. The van der Waals surface area contributed by atoms with Gasteiger partial charge in [-0.3, -0.25) is 4.79 Å². The summed E-state index contributed by atoms with van der Waals surface area (Å²) in [7, 11) is 0. The van der Waals surface area contributed by atoms with Crippen LogP contribution in [-0.4, -0.2) is 16.0 Å². The van der Waals surface area contributed by atoms with Gasteiger partial charge in [0.05, 0.1) is 16.8 Å². The highest BCUT2D eigenvalue weighted by molar-refractivity contribution is 6.05. The van der Waals surface area contributed by atoms with Crippen LogP contribution in [0.25, 0.3) is 0 Å². The van der Waals surface area contributed by atoms with Gasteiger partial charge >= 0.3 is 0 Å². The quantitative estimate of drug-likeness (QED) is 0.748. The van der Waals surface area contributed by atoms with E-state index in [1.165, 1.54) is 0 Å². The molecule has 0 saturated carbocycles. The van der Waals surface area contributed by atoms with Crippen molar-refractivity contribution in [2.75, 3.05) is 5.32 Å². The van der Waals surface area contributed by atoms with Crippen LogP contribution in [0, 0.1) is 27.7 Å². The van der Waals surface area contributed by atoms with E-state index in [-0.39, 0.29) is 12.5 Å². The van der Waals surface area contributed by atoms with E-state index in [1.54, 1.807) is 18.2 Å². The second-order valence-electron chi connectivity index (χ2n) is 6.21. The van der Waals surface area contributed by atoms with Crippen LogP contribution in [0.4, 0.5) is 5.82 Å². The fourth-order valence-electron chi connectivity index (χ4n) is 2.73. The highest BCUT2D eigenvalue weighted by Crippen LogP contribution is 2.22. The molecule has 0 unspecified atom stereocenters. The lowest BCUT2D eigenvalue weighted by molar-refractivity contribution is 0.102. The Labute approximate surface area is 152 Å². The largest absolute Gasteiger partial charge is 0.488 e. The van der Waals surface area contributed by atoms with Crippen LogP contribution in [0.3, 0.4) is 0 Å². The van der Waals surface area contributed by atoms with Crippen molar-refractivity contribution < 1.29 is 14.1 Å². The number of aromatic nitrogens is 2. The van der Waals surface area contributed by atoms with Gasteiger partial charge in [0.2, 0.25) is 0 Å². The number of aryl methyl sites for hydroxylation is 4. The highest BCUT2D eigenvalue weighted by Gasteiger charge is 2.15. The van der Waals surface area contributed by atoms with Gasteiger partial charge in [-0.25, -0.2) is 4.98 Å². The lowest BCUT2D eigenvalue weighted by Gasteiger charge is -2.12. The lowest BCUT2D eigenvalue weighted by atomic mass is 10.1. The Bertz CT molecular complexity index is 907. The molecule has 0 saturated heterocycles. The molecule has 134 valence electrons. The fourth-order valence-corrected chi connectivity index (χ4v) is 2.73. The number of hydrogen-bond acceptors (Lipinski definition) is 5. The van der Waals surface area contributed by atoms with Gasteiger partial charge in [0.25, 0.3) is 5.91 Å². The molecule has 0 bridgehead atoms. The zero-order valence-electron chi connectivity index (χ0n) is 15.3. The Morgan fingerprint density at radius 2 is 1.92 bits per heavy atom. The molecule has 3 aromatic rings. The molecule has 26 heavy (non-hydrogen) atoms. The van der Waals surface area contributed by atoms with E-state index in [0.717, 1.165) is 22.5 Å². The van der Waals surface area contributed by atoms with Gasteiger partial charge in [0, 0.05) is 5.69 Å². The van der Waals surface area contributed by atoms with Crippen molar-refractivity contribution in [1.82, 2.24) is 10.1 Å². The second kappa shape index (κ2) is 7.39. The first kappa shape index (κ1) is 17.7. The summed E-state index contributed by atoms with van der Waals surface area (Å²) >= 11 is 0. The number of benzene rings is 1. The summed E-state index contributed by atoms with van der Waals surface area (Å²) in [5.41, 5.74) is 4.00. The average Bonchev–Trinajstić information content (AvgIpc) is 2.90. The molecular formula is C20H21N3O3. The van der Waals surface area contributed by atoms with E-state index in [9.17, 15) is 4.79 Å². The van der Waals surface area contributed by atoms with Crippen molar-refractivity contribution >= 4 is 11.7 Å². The summed E-state index contributed by atoms with van der Waals surface area (Å²) in [5, 5.41) is 6.75. The molecule has 2 aromatic heterocycles. The first-order valence-corrected chi connectivity index (χ1v) is 8.34. The average molecular weight is 351 g/mol. The number of anilines is 1. The number of para-hydroxylation sites is 1. The number of carbonyl (C=O) groups excluding carboxylic acids is 1. The molecule has 1 amide bonds. The van der Waals surface area contributed by atoms with Gasteiger partial charge in [0.15, 0.2) is 0 Å². The summed E-state index contributed by atoms with van der Waals surface area (Å²) in [6.45, 7) is 7.84. The van der Waals surface area contributed by atoms with Gasteiger partial charge < -0.3 is 14.6 Å². The third-order valence-corrected chi connectivity index (χ3v) is 4.02. The fraction of sp³-hybridized carbons (Fsp3) is 0.250. The van der Waals surface area contributed by atoms with E-state index in [1.807, 2.05) is 45.9 Å². The Kier molecular flexibility index (Phi) is 5.02. The molecule has 0 atom stereocenters. The van der Waals surface area contributed by atoms with Crippen LogP contribution in [0.15, 0.2) is 40.9 Å². The lowest BCUT2D eigenvalue weighted by Crippen LogP contribution is -2.15. The summed E-state index contributed by atoms with van der Waals surface area (Å²) in [4.78, 5) is 17.0. The maximum Gasteiger partial charge on any atom is 0.260 e. The van der Waals surface area contributed by atoms with E-state index >= 15 is 0 Å². The van der Waals surface area contributed by atoms with Crippen LogP contribution in [-0.2, 0) is 6.61 Å². The molecule has 6 heteroatoms. The van der Waals surface area contributed by atoms with Gasteiger partial charge in [0.1, 0.15) is 23.9 Å². The molecule has 0 fully saturated rings. The molecule has 0 aliphatic carbocycles. The molecule has 0 spiro atoms. The van der Waals surface area contributed by atoms with Crippen molar-refractivity contribution in [1.29, 1.82) is 0 Å². The molecule has 1 N–H and O–H groups in total. The zero-order valence-corrected chi connectivity index (χ0v) is 15.3. The first-order valence-electron chi connectivity index (χ1n) is 8.34. The normalized spacial score (nSPS) is 10.6. The number of carbonyl (C=O) groups is 1. The topological polar surface area (TPSA) is 77.2 Å². The molecule has 0 radical (unpaired) electrons. The number of nitrogens with one attached hydrogen (secondary N) is 1. The number of ether oxygens (including phenoxy) is 1. The summed E-state index contributed by atoms with van der Waals surface area (Å²) in [5.74, 6) is 1.46. The monoisotopic (exact) mass is 351 g/mol. The Balaban J connectivity index is 1.79. The third-order valence-electron chi connectivity index (χ3n) is 4.02. The number of amides is 1. The summed E-state index contributed by atoms with van der Waals surface area (Å²) in [6.07, 6.45) is 0. The van der Waals surface area contributed by atoms with Crippen molar-refractivity contribution in [3.63, 3.8) is 0 Å². The second-order valence-corrected chi connectivity index (χ2v) is 6.21. The Morgan fingerprint density at radius 3 is 2.62 bits per heavy atom. The van der Waals surface area contributed by atoms with Crippen molar-refractivity contribution in [3.8, 4) is 5.75 Å². The standard InChI is InChI=1S/C20H21N3O3/c1-12-9-13(2)21-19(10-12)22-20(24)16-7-5-6-8-18(16)25-11-17-14(3)23-26-15(17)4/h5-10H,11H2,1-4H3,(H,21,22,24). The van der Waals surface area contributed by atoms with Crippen molar-refractivity contribution in [3.05, 3.63) is 70.2 Å². The number of nitrogens with zero attached hydrogens (tertiary/aromatic N) is 2. The van der Waals surface area contributed by atoms with E-state index in [4.69, 9.17) is 9.26 Å². The van der Waals surface area contributed by atoms with Crippen molar-refractivity contribution in [2.24, 2.45) is 0 Å². The molecular weight excluding hydrogens is 330 g/mol. The smallest absolute Gasteiger partial charge is 0.260 e. The highest BCUT2D eigenvalue weighted by atomic mass is 16.5. The third kappa shape index (κ3) is 3.91. The van der Waals surface area contributed by atoms with Gasteiger partial charge in [-0.2, -0.15) is 0 Å². The van der Waals surface area contributed by atoms with E-state index in [0.29, 0.717) is 22.9 Å². The van der Waals surface area contributed by atoms with Gasteiger partial charge in [-0.1, -0.05) is 17.3 Å². The predicted octanol–water partition coefficient (Wildman–Crippen LogP) is 4.13. The first-order chi connectivity index (χ1) is 12.4. The molecule has 3 rings (SSSR count). The van der Waals surface area contributed by atoms with E-state index < -0.39 is 0 Å². The minimum Gasteiger partial charge on any atom is -0.488 e. The van der Waals surface area contributed by atoms with Gasteiger partial charge in [-0.15, -0.1) is 0 Å². The van der Waals surface area contributed by atoms with Crippen LogP contribution in [0.1, 0.15) is 38.6 Å². The maximum absolute atomic E-state index is 12.7. The molecule has 1 aromatic carbocycles. The molecule has 0 aliphatic rings. The summed E-state index contributed by atoms with van der Waals surface area (Å²) < 4.78 is 11.0. The van der Waals surface area contributed by atoms with Crippen LogP contribution >= 0.6 is 0 Å². The molecule has 6 nitrogen and oxygen atoms in total. The maximum atomic E-state index is 12.7. The minimum absolute atomic E-state index is 0.267. The number of rotatable bonds is 5. The summed E-state index contributed by atoms with van der Waals surface area (Å²) in [6, 6.07) is 10.9. The van der Waals surface area contributed by atoms with E-state index in [2.05, 4.69) is 15.5 Å². The number of hydrogen-bond donors (Lipinski definition) is 1. The van der Waals surface area contributed by atoms with Crippen LogP contribution in [0.5, 0.6) is 5.75 Å². The van der Waals surface area contributed by atoms with Crippen molar-refractivity contribution in [2.45, 2.75) is 34.3 Å². The van der Waals surface area contributed by atoms with Crippen LogP contribution in [0.2, 0.25) is 0 Å². The van der Waals surface area contributed by atoms with Gasteiger partial charge in [-0.05, 0) is 57.5 Å². The molecule has 2 heterocycles. The number of pyridine rings is 1. The SMILES string of the molecule is Cc1cc(C)nc(NC(=O)c2ccccc2OCc2c(C)noc2C)c1. The zero-order chi connectivity index (χ0) is 18.7. The van der Waals surface area contributed by atoms with Crippen LogP contribution < -0.4 is 10.1 Å². The Morgan fingerprint density at radius 1 is 1.15 bits per heavy atom. The predicted molar refractivity (Wildman–Crippen MR) is 98.4 cm³/mol. The molecule has 0 aliphatic heterocycles. The minimum atomic E-state index is -0.267.